The molecule has 2 aromatic carbocycles. The third-order valence-corrected chi connectivity index (χ3v) is 5.16. The summed E-state index contributed by atoms with van der Waals surface area (Å²) in [5.41, 5.74) is 2.79. The van der Waals surface area contributed by atoms with E-state index in [0.717, 1.165) is 21.6 Å². The normalized spacial score (nSPS) is 18.0. The first-order valence-electron chi connectivity index (χ1n) is 9.99. The van der Waals surface area contributed by atoms with Crippen LogP contribution in [0.1, 0.15) is 30.5 Å². The molecule has 1 fully saturated rings. The van der Waals surface area contributed by atoms with Crippen LogP contribution >= 0.6 is 0 Å². The number of carbonyl (C=O) groups is 3. The molecule has 2 N–H and O–H groups in total. The van der Waals surface area contributed by atoms with Gasteiger partial charge in [0.25, 0.3) is 5.91 Å². The van der Waals surface area contributed by atoms with E-state index >= 15 is 0 Å². The lowest BCUT2D eigenvalue weighted by molar-refractivity contribution is -0.133. The SMILES string of the molecule is C=C(C)COc1ccc(C2(C)NC(=O)N(CC(=O)Nc3cc(C)ccc3C)C2=O)cc1. The molecule has 0 aliphatic carbocycles. The molecule has 1 aliphatic heterocycles. The van der Waals surface area contributed by atoms with Crippen molar-refractivity contribution in [2.45, 2.75) is 33.2 Å². The molecule has 0 aromatic heterocycles. The highest BCUT2D eigenvalue weighted by molar-refractivity contribution is 6.10. The zero-order chi connectivity index (χ0) is 22.8. The average molecular weight is 421 g/mol. The molecule has 3 rings (SSSR count). The van der Waals surface area contributed by atoms with Crippen LogP contribution in [0.4, 0.5) is 10.5 Å². The molecule has 2 aromatic rings. The second-order valence-corrected chi connectivity index (χ2v) is 8.08. The number of rotatable bonds is 7. The van der Waals surface area contributed by atoms with E-state index in [1.807, 2.05) is 39.0 Å². The molecule has 1 saturated heterocycles. The summed E-state index contributed by atoms with van der Waals surface area (Å²) in [5, 5.41) is 5.49. The molecule has 4 amide bonds. The predicted molar refractivity (Wildman–Crippen MR) is 119 cm³/mol. The number of imide groups is 1. The van der Waals surface area contributed by atoms with E-state index < -0.39 is 23.4 Å². The van der Waals surface area contributed by atoms with Gasteiger partial charge in [-0.25, -0.2) is 4.79 Å². The maximum atomic E-state index is 13.1. The molecular weight excluding hydrogens is 394 g/mol. The summed E-state index contributed by atoms with van der Waals surface area (Å²) in [7, 11) is 0. The second kappa shape index (κ2) is 8.63. The van der Waals surface area contributed by atoms with Gasteiger partial charge in [0.15, 0.2) is 0 Å². The van der Waals surface area contributed by atoms with Gasteiger partial charge in [0, 0.05) is 5.69 Å². The second-order valence-electron chi connectivity index (χ2n) is 8.08. The number of amides is 4. The van der Waals surface area contributed by atoms with Gasteiger partial charge in [0.1, 0.15) is 24.4 Å². The zero-order valence-electron chi connectivity index (χ0n) is 18.2. The fraction of sp³-hybridized carbons (Fsp3) is 0.292. The highest BCUT2D eigenvalue weighted by atomic mass is 16.5. The molecule has 31 heavy (non-hydrogen) atoms. The van der Waals surface area contributed by atoms with Crippen molar-refractivity contribution in [3.05, 3.63) is 71.3 Å². The summed E-state index contributed by atoms with van der Waals surface area (Å²) in [6, 6.07) is 12.0. The summed E-state index contributed by atoms with van der Waals surface area (Å²) < 4.78 is 5.58. The van der Waals surface area contributed by atoms with Crippen molar-refractivity contribution in [2.24, 2.45) is 0 Å². The number of nitrogens with zero attached hydrogens (tertiary/aromatic N) is 1. The molecule has 1 unspecified atom stereocenters. The number of hydrogen-bond donors (Lipinski definition) is 2. The smallest absolute Gasteiger partial charge is 0.325 e. The molecule has 0 bridgehead atoms. The Kier molecular flexibility index (Phi) is 6.15. The van der Waals surface area contributed by atoms with Gasteiger partial charge in [-0.2, -0.15) is 0 Å². The molecule has 1 heterocycles. The van der Waals surface area contributed by atoms with Crippen LogP contribution in [0.25, 0.3) is 0 Å². The fourth-order valence-corrected chi connectivity index (χ4v) is 3.33. The minimum absolute atomic E-state index is 0.368. The number of carbonyl (C=O) groups excluding carboxylic acids is 3. The Bertz CT molecular complexity index is 1050. The lowest BCUT2D eigenvalue weighted by atomic mass is 9.92. The Morgan fingerprint density at radius 2 is 1.84 bits per heavy atom. The highest BCUT2D eigenvalue weighted by Gasteiger charge is 2.49. The molecule has 0 radical (unpaired) electrons. The standard InChI is InChI=1S/C24H27N3O4/c1-15(2)14-31-19-10-8-18(9-11-19)24(5)22(29)27(23(30)26-24)13-21(28)25-20-12-16(3)6-7-17(20)4/h6-12H,1,13-14H2,2-5H3,(H,25,28)(H,26,30). The quantitative estimate of drug-likeness (QED) is 0.528. The van der Waals surface area contributed by atoms with Crippen LogP contribution in [0.5, 0.6) is 5.75 Å². The molecule has 0 saturated carbocycles. The van der Waals surface area contributed by atoms with Crippen molar-refractivity contribution >= 4 is 23.5 Å². The Balaban J connectivity index is 1.71. The Hall–Kier alpha value is -3.61. The molecular formula is C24H27N3O4. The van der Waals surface area contributed by atoms with Crippen LogP contribution in [0.15, 0.2) is 54.6 Å². The van der Waals surface area contributed by atoms with Gasteiger partial charge in [0.2, 0.25) is 5.91 Å². The first-order chi connectivity index (χ1) is 14.6. The molecule has 1 atom stereocenters. The van der Waals surface area contributed by atoms with Crippen LogP contribution < -0.4 is 15.4 Å². The lowest BCUT2D eigenvalue weighted by Crippen LogP contribution is -2.42. The number of urea groups is 1. The highest BCUT2D eigenvalue weighted by Crippen LogP contribution is 2.30. The van der Waals surface area contributed by atoms with Crippen LogP contribution in [-0.2, 0) is 15.1 Å². The van der Waals surface area contributed by atoms with Crippen molar-refractivity contribution in [3.8, 4) is 5.75 Å². The van der Waals surface area contributed by atoms with E-state index in [1.165, 1.54) is 0 Å². The van der Waals surface area contributed by atoms with Gasteiger partial charge in [-0.3, -0.25) is 14.5 Å². The van der Waals surface area contributed by atoms with Crippen LogP contribution in [0.2, 0.25) is 0 Å². The third kappa shape index (κ3) is 4.77. The molecule has 1 aliphatic rings. The number of aryl methyl sites for hydroxylation is 2. The minimum Gasteiger partial charge on any atom is -0.489 e. The summed E-state index contributed by atoms with van der Waals surface area (Å²) >= 11 is 0. The maximum absolute atomic E-state index is 13.1. The number of benzene rings is 2. The number of anilines is 1. The molecule has 0 spiro atoms. The third-order valence-electron chi connectivity index (χ3n) is 5.16. The van der Waals surface area contributed by atoms with Crippen molar-refractivity contribution in [2.75, 3.05) is 18.5 Å². The Labute approximate surface area is 182 Å². The van der Waals surface area contributed by atoms with E-state index in [2.05, 4.69) is 17.2 Å². The minimum atomic E-state index is -1.26. The number of hydrogen-bond acceptors (Lipinski definition) is 4. The van der Waals surface area contributed by atoms with Gasteiger partial charge in [0.05, 0.1) is 0 Å². The van der Waals surface area contributed by atoms with Crippen LogP contribution in [-0.4, -0.2) is 35.9 Å². The molecule has 7 nitrogen and oxygen atoms in total. The van der Waals surface area contributed by atoms with Gasteiger partial charge in [-0.15, -0.1) is 0 Å². The van der Waals surface area contributed by atoms with E-state index in [9.17, 15) is 14.4 Å². The van der Waals surface area contributed by atoms with Crippen molar-refractivity contribution < 1.29 is 19.1 Å². The van der Waals surface area contributed by atoms with Crippen molar-refractivity contribution in [1.82, 2.24) is 10.2 Å². The van der Waals surface area contributed by atoms with E-state index in [0.29, 0.717) is 23.6 Å². The maximum Gasteiger partial charge on any atom is 0.325 e. The monoisotopic (exact) mass is 421 g/mol. The van der Waals surface area contributed by atoms with Gasteiger partial charge in [-0.05, 0) is 68.2 Å². The zero-order valence-corrected chi connectivity index (χ0v) is 18.2. The van der Waals surface area contributed by atoms with Gasteiger partial charge in [-0.1, -0.05) is 30.8 Å². The first kappa shape index (κ1) is 22.1. The summed E-state index contributed by atoms with van der Waals surface area (Å²) in [5.74, 6) is -0.286. The van der Waals surface area contributed by atoms with Gasteiger partial charge >= 0.3 is 6.03 Å². The first-order valence-corrected chi connectivity index (χ1v) is 9.99. The summed E-state index contributed by atoms with van der Waals surface area (Å²) in [6.45, 7) is 11.1. The molecule has 7 heteroatoms. The van der Waals surface area contributed by atoms with Crippen LogP contribution in [0, 0.1) is 13.8 Å². The van der Waals surface area contributed by atoms with Crippen LogP contribution in [0.3, 0.4) is 0 Å². The van der Waals surface area contributed by atoms with E-state index in [-0.39, 0.29) is 6.54 Å². The topological polar surface area (TPSA) is 87.7 Å². The van der Waals surface area contributed by atoms with E-state index in [1.54, 1.807) is 31.2 Å². The number of ether oxygens (including phenoxy) is 1. The van der Waals surface area contributed by atoms with Crippen molar-refractivity contribution in [3.63, 3.8) is 0 Å². The lowest BCUT2D eigenvalue weighted by Gasteiger charge is -2.22. The largest absolute Gasteiger partial charge is 0.489 e. The predicted octanol–water partition coefficient (Wildman–Crippen LogP) is 3.66. The van der Waals surface area contributed by atoms with Gasteiger partial charge < -0.3 is 15.4 Å². The van der Waals surface area contributed by atoms with Crippen molar-refractivity contribution in [1.29, 1.82) is 0 Å². The summed E-state index contributed by atoms with van der Waals surface area (Å²) in [6.07, 6.45) is 0. The summed E-state index contributed by atoms with van der Waals surface area (Å²) in [4.78, 5) is 39.0. The average Bonchev–Trinajstić information content (AvgIpc) is 2.93. The Morgan fingerprint density at radius 1 is 1.16 bits per heavy atom. The van der Waals surface area contributed by atoms with E-state index in [4.69, 9.17) is 4.74 Å². The fourth-order valence-electron chi connectivity index (χ4n) is 3.33. The number of nitrogens with one attached hydrogen (secondary N) is 2. The molecule has 162 valence electrons. The Morgan fingerprint density at radius 3 is 2.48 bits per heavy atom.